The van der Waals surface area contributed by atoms with Crippen LogP contribution in [0.3, 0.4) is 0 Å². The fourth-order valence-electron chi connectivity index (χ4n) is 1.52. The summed E-state index contributed by atoms with van der Waals surface area (Å²) < 4.78 is 9.55. The lowest BCUT2D eigenvalue weighted by Crippen LogP contribution is -2.33. The van der Waals surface area contributed by atoms with Crippen molar-refractivity contribution >= 4 is 27.9 Å². The van der Waals surface area contributed by atoms with E-state index in [1.165, 1.54) is 7.11 Å². The molecule has 0 saturated heterocycles. The molecule has 1 aromatic rings. The van der Waals surface area contributed by atoms with Crippen LogP contribution in [0.15, 0.2) is 30.3 Å². The van der Waals surface area contributed by atoms with E-state index in [1.54, 1.807) is 30.3 Å². The Labute approximate surface area is 121 Å². The highest BCUT2D eigenvalue weighted by Gasteiger charge is 2.30. The molecule has 0 bridgehead atoms. The van der Waals surface area contributed by atoms with E-state index < -0.39 is 18.0 Å². The number of carbonyl (C=O) groups excluding carboxylic acids is 2. The van der Waals surface area contributed by atoms with Crippen molar-refractivity contribution in [3.8, 4) is 0 Å². The quantitative estimate of drug-likeness (QED) is 0.616. The third-order valence-corrected chi connectivity index (χ3v) is 2.72. The summed E-state index contributed by atoms with van der Waals surface area (Å²) in [5.74, 6) is -1.09. The van der Waals surface area contributed by atoms with Gasteiger partial charge in [0.15, 0.2) is 0 Å². The minimum Gasteiger partial charge on any atom is -0.466 e. The highest BCUT2D eigenvalue weighted by Crippen LogP contribution is 2.24. The van der Waals surface area contributed by atoms with Gasteiger partial charge in [-0.3, -0.25) is 0 Å². The lowest BCUT2D eigenvalue weighted by Gasteiger charge is -2.22. The van der Waals surface area contributed by atoms with Crippen molar-refractivity contribution in [2.24, 2.45) is 0 Å². The first-order valence-corrected chi connectivity index (χ1v) is 6.65. The molecule has 104 valence electrons. The Bertz CT molecular complexity index is 437. The van der Waals surface area contributed by atoms with E-state index in [2.05, 4.69) is 20.7 Å². The van der Waals surface area contributed by atoms with Crippen LogP contribution in [0, 0.1) is 0 Å². The van der Waals surface area contributed by atoms with Gasteiger partial charge in [0.25, 0.3) is 0 Å². The molecular formula is C14H17BrO4. The molecule has 0 unspecified atom stereocenters. The summed E-state index contributed by atoms with van der Waals surface area (Å²) in [5.41, 5.74) is 0.406. The third kappa shape index (κ3) is 5.42. The molecule has 0 aliphatic carbocycles. The molecule has 0 spiro atoms. The number of methoxy groups -OCH3 is 1. The van der Waals surface area contributed by atoms with Gasteiger partial charge in [-0.2, -0.15) is 0 Å². The van der Waals surface area contributed by atoms with Gasteiger partial charge in [-0.15, -0.1) is 0 Å². The van der Waals surface area contributed by atoms with Crippen LogP contribution >= 0.6 is 15.9 Å². The molecular weight excluding hydrogens is 312 g/mol. The Hall–Kier alpha value is -1.36. The van der Waals surface area contributed by atoms with E-state index >= 15 is 0 Å². The standard InChI is InChI=1S/C14H17BrO4/c1-14(2,15)9-11(13(17)18-3)19-12(16)10-7-5-4-6-8-10/h4-8,11H,9H2,1-3H3/t11-/m0/s1. The van der Waals surface area contributed by atoms with Crippen LogP contribution in [0.5, 0.6) is 0 Å². The zero-order valence-electron chi connectivity index (χ0n) is 11.2. The SMILES string of the molecule is COC(=O)[C@H](CC(C)(C)Br)OC(=O)c1ccccc1. The number of hydrogen-bond donors (Lipinski definition) is 0. The Morgan fingerprint density at radius 1 is 1.26 bits per heavy atom. The molecule has 1 atom stereocenters. The molecule has 0 heterocycles. The summed E-state index contributed by atoms with van der Waals surface area (Å²) in [6.07, 6.45) is -0.592. The van der Waals surface area contributed by atoms with Gasteiger partial charge in [-0.05, 0) is 26.0 Å². The molecule has 5 heteroatoms. The van der Waals surface area contributed by atoms with E-state index in [1.807, 2.05) is 13.8 Å². The summed E-state index contributed by atoms with van der Waals surface area (Å²) in [5, 5.41) is 0. The molecule has 4 nitrogen and oxygen atoms in total. The van der Waals surface area contributed by atoms with Crippen molar-refractivity contribution in [1.29, 1.82) is 0 Å². The van der Waals surface area contributed by atoms with Gasteiger partial charge < -0.3 is 9.47 Å². The molecule has 1 aromatic carbocycles. The largest absolute Gasteiger partial charge is 0.466 e. The predicted octanol–water partition coefficient (Wildman–Crippen LogP) is 2.95. The fourth-order valence-corrected chi connectivity index (χ4v) is 1.81. The van der Waals surface area contributed by atoms with Crippen molar-refractivity contribution in [2.45, 2.75) is 30.7 Å². The maximum Gasteiger partial charge on any atom is 0.347 e. The van der Waals surface area contributed by atoms with Crippen LogP contribution in [0.2, 0.25) is 0 Å². The van der Waals surface area contributed by atoms with Crippen LogP contribution in [-0.4, -0.2) is 29.5 Å². The molecule has 1 rings (SSSR count). The van der Waals surface area contributed by atoms with Gasteiger partial charge in [0.2, 0.25) is 6.10 Å². The molecule has 0 radical (unpaired) electrons. The van der Waals surface area contributed by atoms with Crippen LogP contribution in [0.4, 0.5) is 0 Å². The van der Waals surface area contributed by atoms with E-state index in [0.717, 1.165) is 0 Å². The van der Waals surface area contributed by atoms with Gasteiger partial charge in [0, 0.05) is 10.7 Å². The van der Waals surface area contributed by atoms with Crippen LogP contribution in [0.25, 0.3) is 0 Å². The van der Waals surface area contributed by atoms with Crippen molar-refractivity contribution in [3.05, 3.63) is 35.9 Å². The second kappa shape index (κ2) is 6.70. The average molecular weight is 329 g/mol. The summed E-state index contributed by atoms with van der Waals surface area (Å²) >= 11 is 3.42. The highest BCUT2D eigenvalue weighted by molar-refractivity contribution is 9.10. The number of esters is 2. The number of ether oxygens (including phenoxy) is 2. The molecule has 19 heavy (non-hydrogen) atoms. The highest BCUT2D eigenvalue weighted by atomic mass is 79.9. The second-order valence-corrected chi connectivity index (χ2v) is 6.85. The Morgan fingerprint density at radius 2 is 1.84 bits per heavy atom. The Morgan fingerprint density at radius 3 is 2.32 bits per heavy atom. The smallest absolute Gasteiger partial charge is 0.347 e. The lowest BCUT2D eigenvalue weighted by atomic mass is 10.1. The molecule has 0 amide bonds. The van der Waals surface area contributed by atoms with E-state index in [0.29, 0.717) is 12.0 Å². The summed E-state index contributed by atoms with van der Waals surface area (Å²) in [6.45, 7) is 3.78. The first-order chi connectivity index (χ1) is 8.83. The summed E-state index contributed by atoms with van der Waals surface area (Å²) in [6, 6.07) is 8.54. The molecule has 0 aliphatic heterocycles. The number of hydrogen-bond acceptors (Lipinski definition) is 4. The van der Waals surface area contributed by atoms with Gasteiger partial charge >= 0.3 is 11.9 Å². The van der Waals surface area contributed by atoms with E-state index in [4.69, 9.17) is 4.74 Å². The molecule has 0 N–H and O–H groups in total. The fraction of sp³-hybridized carbons (Fsp3) is 0.429. The van der Waals surface area contributed by atoms with Gasteiger partial charge in [-0.25, -0.2) is 9.59 Å². The second-order valence-electron chi connectivity index (χ2n) is 4.71. The first-order valence-electron chi connectivity index (χ1n) is 5.86. The predicted molar refractivity (Wildman–Crippen MR) is 75.3 cm³/mol. The topological polar surface area (TPSA) is 52.6 Å². The normalized spacial score (nSPS) is 12.6. The summed E-state index contributed by atoms with van der Waals surface area (Å²) in [7, 11) is 1.27. The van der Waals surface area contributed by atoms with E-state index in [-0.39, 0.29) is 4.32 Å². The molecule has 0 fully saturated rings. The van der Waals surface area contributed by atoms with Crippen molar-refractivity contribution < 1.29 is 19.1 Å². The van der Waals surface area contributed by atoms with Gasteiger partial charge in [0.05, 0.1) is 12.7 Å². The minimum absolute atomic E-state index is 0.331. The first kappa shape index (κ1) is 15.7. The van der Waals surface area contributed by atoms with Crippen LogP contribution in [0.1, 0.15) is 30.6 Å². The van der Waals surface area contributed by atoms with Gasteiger partial charge in [0.1, 0.15) is 0 Å². The van der Waals surface area contributed by atoms with Crippen molar-refractivity contribution in [2.75, 3.05) is 7.11 Å². The number of halogens is 1. The average Bonchev–Trinajstić information content (AvgIpc) is 2.36. The monoisotopic (exact) mass is 328 g/mol. The van der Waals surface area contributed by atoms with Crippen LogP contribution < -0.4 is 0 Å². The Balaban J connectivity index is 2.78. The maximum absolute atomic E-state index is 11.9. The number of carbonyl (C=O) groups is 2. The zero-order chi connectivity index (χ0) is 14.5. The number of alkyl halides is 1. The Kier molecular flexibility index (Phi) is 5.54. The summed E-state index contributed by atoms with van der Waals surface area (Å²) in [4.78, 5) is 23.6. The molecule has 0 aromatic heterocycles. The number of rotatable bonds is 5. The molecule has 0 saturated carbocycles. The maximum atomic E-state index is 11.9. The third-order valence-electron chi connectivity index (χ3n) is 2.39. The van der Waals surface area contributed by atoms with E-state index in [9.17, 15) is 9.59 Å². The van der Waals surface area contributed by atoms with Crippen molar-refractivity contribution in [1.82, 2.24) is 0 Å². The van der Waals surface area contributed by atoms with Crippen LogP contribution in [-0.2, 0) is 14.3 Å². The molecule has 0 aliphatic rings. The number of benzene rings is 1. The van der Waals surface area contributed by atoms with Crippen molar-refractivity contribution in [3.63, 3.8) is 0 Å². The van der Waals surface area contributed by atoms with Gasteiger partial charge in [-0.1, -0.05) is 34.1 Å². The minimum atomic E-state index is -0.924. The zero-order valence-corrected chi connectivity index (χ0v) is 12.8. The lowest BCUT2D eigenvalue weighted by molar-refractivity contribution is -0.151.